The molecule has 2 unspecified atom stereocenters. The van der Waals surface area contributed by atoms with Gasteiger partial charge in [0.05, 0.1) is 34.4 Å². The third kappa shape index (κ3) is 38.6. The molecule has 0 bridgehead atoms. The van der Waals surface area contributed by atoms with Gasteiger partial charge in [0.25, 0.3) is 0 Å². The molecular weight excluding hydrogens is 715 g/mol. The second-order valence-electron chi connectivity index (χ2n) is 16.7. The van der Waals surface area contributed by atoms with Crippen LogP contribution in [0, 0.1) is 0 Å². The number of quaternary nitrogens is 1. The zero-order valence-corrected chi connectivity index (χ0v) is 37.5. The number of hydrogen-bond acceptors (Lipinski definition) is 6. The van der Waals surface area contributed by atoms with E-state index in [2.05, 4.69) is 62.5 Å². The zero-order valence-electron chi connectivity index (χ0n) is 37.5. The van der Waals surface area contributed by atoms with Crippen molar-refractivity contribution >= 4 is 17.9 Å². The van der Waals surface area contributed by atoms with Crippen LogP contribution in [0.3, 0.4) is 0 Å². The molecule has 0 saturated heterocycles. The average Bonchev–Trinajstić information content (AvgIpc) is 3.17. The first-order valence-corrected chi connectivity index (χ1v) is 23.2. The number of hydrogen-bond donors (Lipinski definition) is 1. The van der Waals surface area contributed by atoms with Gasteiger partial charge in [-0.2, -0.15) is 0 Å². The predicted octanol–water partition coefficient (Wildman–Crippen LogP) is 12.8. The van der Waals surface area contributed by atoms with Crippen LogP contribution in [0.15, 0.2) is 48.6 Å². The van der Waals surface area contributed by atoms with E-state index >= 15 is 0 Å². The van der Waals surface area contributed by atoms with Crippen LogP contribution in [0.25, 0.3) is 0 Å². The summed E-state index contributed by atoms with van der Waals surface area (Å²) in [4.78, 5) is 37.0. The highest BCUT2D eigenvalue weighted by molar-refractivity contribution is 5.72. The number of carboxylic acid groups (broad SMARTS) is 1. The summed E-state index contributed by atoms with van der Waals surface area (Å²) in [7, 11) is 5.52. The van der Waals surface area contributed by atoms with Crippen molar-refractivity contribution in [3.8, 4) is 0 Å². The summed E-state index contributed by atoms with van der Waals surface area (Å²) >= 11 is 0. The van der Waals surface area contributed by atoms with Gasteiger partial charge in [0.2, 0.25) is 0 Å². The van der Waals surface area contributed by atoms with Crippen molar-refractivity contribution in [2.24, 2.45) is 0 Å². The van der Waals surface area contributed by atoms with E-state index in [0.717, 1.165) is 64.2 Å². The molecule has 8 heteroatoms. The lowest BCUT2D eigenvalue weighted by molar-refractivity contribution is -0.887. The van der Waals surface area contributed by atoms with Crippen molar-refractivity contribution in [2.45, 2.75) is 206 Å². The number of esters is 2. The van der Waals surface area contributed by atoms with Crippen LogP contribution in [-0.4, -0.2) is 80.6 Å². The van der Waals surface area contributed by atoms with Gasteiger partial charge in [-0.15, -0.1) is 0 Å². The Morgan fingerprint density at radius 2 is 0.982 bits per heavy atom. The third-order valence-corrected chi connectivity index (χ3v) is 10.2. The smallest absolute Gasteiger partial charge is 0.362 e. The Hall–Kier alpha value is -2.71. The Bertz CT molecular complexity index is 1070. The molecule has 0 aromatic carbocycles. The van der Waals surface area contributed by atoms with Crippen molar-refractivity contribution in [1.82, 2.24) is 0 Å². The number of ether oxygens (including phenoxy) is 3. The molecule has 0 amide bonds. The van der Waals surface area contributed by atoms with Gasteiger partial charge in [0.1, 0.15) is 6.61 Å². The molecule has 0 rings (SSSR count). The molecule has 0 heterocycles. The van der Waals surface area contributed by atoms with Gasteiger partial charge in [0.15, 0.2) is 12.1 Å². The first-order valence-electron chi connectivity index (χ1n) is 23.2. The summed E-state index contributed by atoms with van der Waals surface area (Å²) in [6.45, 7) is 4.67. The summed E-state index contributed by atoms with van der Waals surface area (Å²) < 4.78 is 17.3. The Kier molecular flexibility index (Phi) is 38.2. The molecule has 0 saturated carbocycles. The predicted molar refractivity (Wildman–Crippen MR) is 238 cm³/mol. The molecule has 8 nitrogen and oxygen atoms in total. The van der Waals surface area contributed by atoms with Crippen LogP contribution < -0.4 is 0 Å². The fraction of sp³-hybridized carbons (Fsp3) is 0.776. The van der Waals surface area contributed by atoms with E-state index in [9.17, 15) is 19.5 Å². The van der Waals surface area contributed by atoms with Gasteiger partial charge in [-0.25, -0.2) is 4.79 Å². The van der Waals surface area contributed by atoms with E-state index < -0.39 is 18.1 Å². The van der Waals surface area contributed by atoms with E-state index in [1.165, 1.54) is 96.3 Å². The monoisotopic (exact) mass is 803 g/mol. The van der Waals surface area contributed by atoms with Crippen LogP contribution in [-0.2, 0) is 28.6 Å². The maximum absolute atomic E-state index is 12.7. The third-order valence-electron chi connectivity index (χ3n) is 10.2. The molecule has 0 radical (unpaired) electrons. The SMILES string of the molecule is CCCCC/C=C/C/C=C/CCCCCCCCCC(=O)OC(COCCC(C(=O)O)[N+](C)(C)C)COC(=O)CCCCC/C=C/C=C/CCCCCCCCC. The summed E-state index contributed by atoms with van der Waals surface area (Å²) in [6, 6.07) is -0.621. The Morgan fingerprint density at radius 3 is 1.51 bits per heavy atom. The van der Waals surface area contributed by atoms with Crippen LogP contribution in [0.4, 0.5) is 0 Å². The highest BCUT2D eigenvalue weighted by Gasteiger charge is 2.31. The van der Waals surface area contributed by atoms with Crippen LogP contribution in [0.1, 0.15) is 194 Å². The largest absolute Gasteiger partial charge is 0.477 e. The average molecular weight is 803 g/mol. The van der Waals surface area contributed by atoms with Gasteiger partial charge in [-0.05, 0) is 70.6 Å². The second-order valence-corrected chi connectivity index (χ2v) is 16.7. The first-order chi connectivity index (χ1) is 27.6. The number of rotatable bonds is 41. The molecule has 0 aliphatic carbocycles. The zero-order chi connectivity index (χ0) is 42.1. The first kappa shape index (κ1) is 54.3. The van der Waals surface area contributed by atoms with Crippen LogP contribution in [0.5, 0.6) is 0 Å². The van der Waals surface area contributed by atoms with Gasteiger partial charge in [-0.3, -0.25) is 9.59 Å². The van der Waals surface area contributed by atoms with Crippen molar-refractivity contribution < 1.29 is 38.2 Å². The van der Waals surface area contributed by atoms with Gasteiger partial charge in [-0.1, -0.05) is 152 Å². The Morgan fingerprint density at radius 1 is 0.544 bits per heavy atom. The number of carboxylic acids is 1. The maximum atomic E-state index is 12.7. The summed E-state index contributed by atoms with van der Waals surface area (Å²) in [5, 5.41) is 9.63. The number of nitrogens with zero attached hydrogens (tertiary/aromatic N) is 1. The normalized spacial score (nSPS) is 13.4. The highest BCUT2D eigenvalue weighted by atomic mass is 16.6. The fourth-order valence-corrected chi connectivity index (χ4v) is 6.58. The topological polar surface area (TPSA) is 99.1 Å². The minimum absolute atomic E-state index is 0.0489. The summed E-state index contributed by atoms with van der Waals surface area (Å²) in [6.07, 6.45) is 47.2. The summed E-state index contributed by atoms with van der Waals surface area (Å²) in [5.74, 6) is -1.51. The van der Waals surface area contributed by atoms with Gasteiger partial charge >= 0.3 is 17.9 Å². The quantitative estimate of drug-likeness (QED) is 0.0216. The molecule has 0 aliphatic heterocycles. The van der Waals surface area contributed by atoms with E-state index in [0.29, 0.717) is 19.3 Å². The van der Waals surface area contributed by atoms with Crippen LogP contribution >= 0.6 is 0 Å². The standard InChI is InChI=1S/C49H87NO7/c1-6-8-10-12-14-16-18-20-22-24-26-28-30-32-34-36-38-40-48(52)57-45(43-55-42-41-46(49(53)54)50(3,4)5)44-56-47(51)39-37-35-33-31-29-27-25-23-21-19-17-15-13-11-9-7-2/h14,16,20,22-23,25,27,29,45-46H,6-13,15,17-19,21,24,26,28,30-44H2,1-5H3/p+1/b16-14+,22-20+,25-23+,29-27+. The van der Waals surface area contributed by atoms with Crippen molar-refractivity contribution in [3.05, 3.63) is 48.6 Å². The maximum Gasteiger partial charge on any atom is 0.362 e. The number of allylic oxidation sites excluding steroid dienone is 8. The minimum Gasteiger partial charge on any atom is -0.477 e. The van der Waals surface area contributed by atoms with Gasteiger partial charge in [0, 0.05) is 19.3 Å². The highest BCUT2D eigenvalue weighted by Crippen LogP contribution is 2.14. The van der Waals surface area contributed by atoms with Gasteiger partial charge < -0.3 is 23.8 Å². The molecule has 1 N–H and O–H groups in total. The van der Waals surface area contributed by atoms with E-state index in [1.54, 1.807) is 0 Å². The molecule has 0 aliphatic rings. The molecule has 330 valence electrons. The van der Waals surface area contributed by atoms with E-state index in [4.69, 9.17) is 14.2 Å². The lowest BCUT2D eigenvalue weighted by atomic mass is 10.1. The van der Waals surface area contributed by atoms with Crippen LogP contribution in [0.2, 0.25) is 0 Å². The molecule has 0 fully saturated rings. The van der Waals surface area contributed by atoms with Crippen molar-refractivity contribution in [2.75, 3.05) is 41.0 Å². The molecule has 0 aromatic rings. The molecule has 0 spiro atoms. The number of likely N-dealkylation sites (N-methyl/N-ethyl adjacent to an activating group) is 1. The number of carbonyl (C=O) groups excluding carboxylic acids is 2. The molecule has 0 aromatic heterocycles. The van der Waals surface area contributed by atoms with E-state index in [1.807, 2.05) is 21.1 Å². The van der Waals surface area contributed by atoms with Crippen molar-refractivity contribution in [3.63, 3.8) is 0 Å². The second kappa shape index (κ2) is 40.1. The lowest BCUT2D eigenvalue weighted by Crippen LogP contribution is -2.50. The number of carbonyl (C=O) groups is 3. The van der Waals surface area contributed by atoms with Crippen molar-refractivity contribution in [1.29, 1.82) is 0 Å². The molecule has 2 atom stereocenters. The number of unbranched alkanes of at least 4 members (excludes halogenated alkanes) is 20. The Labute approximate surface area is 350 Å². The number of aliphatic carboxylic acids is 1. The minimum atomic E-state index is -0.881. The lowest BCUT2D eigenvalue weighted by Gasteiger charge is -2.31. The molecule has 57 heavy (non-hydrogen) atoms. The summed E-state index contributed by atoms with van der Waals surface area (Å²) in [5.41, 5.74) is 0. The Balaban J connectivity index is 4.38. The van der Waals surface area contributed by atoms with E-state index in [-0.39, 0.29) is 36.2 Å². The fourth-order valence-electron chi connectivity index (χ4n) is 6.58. The molecular formula is C49H88NO7+.